The van der Waals surface area contributed by atoms with E-state index < -0.39 is 11.6 Å². The molecular formula is C18H29F2IN4. The van der Waals surface area contributed by atoms with E-state index in [1.165, 1.54) is 25.5 Å². The minimum Gasteiger partial charge on any atom is -0.356 e. The van der Waals surface area contributed by atoms with Crippen LogP contribution in [0.15, 0.2) is 23.2 Å². The van der Waals surface area contributed by atoms with Gasteiger partial charge >= 0.3 is 0 Å². The highest BCUT2D eigenvalue weighted by atomic mass is 127. The molecule has 1 aliphatic heterocycles. The van der Waals surface area contributed by atoms with Crippen molar-refractivity contribution in [2.45, 2.75) is 39.3 Å². The maximum atomic E-state index is 13.6. The summed E-state index contributed by atoms with van der Waals surface area (Å²) >= 11 is 0. The molecule has 1 atom stereocenters. The first-order chi connectivity index (χ1) is 11.5. The van der Waals surface area contributed by atoms with Crippen molar-refractivity contribution >= 4 is 29.9 Å². The average molecular weight is 466 g/mol. The summed E-state index contributed by atoms with van der Waals surface area (Å²) in [6, 6.07) is 4.04. The number of halogens is 3. The van der Waals surface area contributed by atoms with Crippen LogP contribution in [0.2, 0.25) is 0 Å². The molecule has 1 fully saturated rings. The summed E-state index contributed by atoms with van der Waals surface area (Å²) in [6.07, 6.45) is 2.41. The number of aliphatic imine (C=N–C) groups is 1. The van der Waals surface area contributed by atoms with Crippen LogP contribution in [0.3, 0.4) is 0 Å². The second-order valence-electron chi connectivity index (χ2n) is 6.64. The maximum absolute atomic E-state index is 13.6. The summed E-state index contributed by atoms with van der Waals surface area (Å²) in [4.78, 5) is 6.65. The first-order valence-electron chi connectivity index (χ1n) is 8.62. The largest absolute Gasteiger partial charge is 0.356 e. The van der Waals surface area contributed by atoms with Gasteiger partial charge in [0.25, 0.3) is 0 Å². The van der Waals surface area contributed by atoms with Gasteiger partial charge in [0.2, 0.25) is 0 Å². The molecule has 0 spiro atoms. The molecule has 1 aromatic rings. The zero-order chi connectivity index (χ0) is 17.5. The Morgan fingerprint density at radius 3 is 2.76 bits per heavy atom. The molecule has 1 heterocycles. The van der Waals surface area contributed by atoms with Gasteiger partial charge in [0, 0.05) is 38.3 Å². The lowest BCUT2D eigenvalue weighted by Gasteiger charge is -2.35. The lowest BCUT2D eigenvalue weighted by molar-refractivity contribution is 0.141. The lowest BCUT2D eigenvalue weighted by Crippen LogP contribution is -2.46. The van der Waals surface area contributed by atoms with E-state index >= 15 is 0 Å². The van der Waals surface area contributed by atoms with E-state index in [-0.39, 0.29) is 30.5 Å². The number of benzene rings is 1. The van der Waals surface area contributed by atoms with Gasteiger partial charge in [-0.05, 0) is 57.4 Å². The van der Waals surface area contributed by atoms with Gasteiger partial charge in [-0.25, -0.2) is 8.78 Å². The molecule has 2 rings (SSSR count). The third kappa shape index (κ3) is 7.05. The Kier molecular flexibility index (Phi) is 9.63. The van der Waals surface area contributed by atoms with Gasteiger partial charge in [0.1, 0.15) is 11.6 Å². The number of hydrogen-bond acceptors (Lipinski definition) is 2. The van der Waals surface area contributed by atoms with Crippen LogP contribution < -0.4 is 10.6 Å². The number of guanidine groups is 1. The van der Waals surface area contributed by atoms with Crippen LogP contribution in [-0.2, 0) is 6.54 Å². The molecule has 2 N–H and O–H groups in total. The Balaban J connectivity index is 0.00000312. The highest BCUT2D eigenvalue weighted by Gasteiger charge is 2.21. The third-order valence-electron chi connectivity index (χ3n) is 4.52. The van der Waals surface area contributed by atoms with Crippen molar-refractivity contribution in [3.8, 4) is 0 Å². The van der Waals surface area contributed by atoms with E-state index in [4.69, 9.17) is 0 Å². The molecule has 1 aliphatic rings. The number of rotatable bonds is 5. The van der Waals surface area contributed by atoms with E-state index in [2.05, 4.69) is 34.4 Å². The van der Waals surface area contributed by atoms with Crippen LogP contribution in [0.25, 0.3) is 0 Å². The normalized spacial score (nSPS) is 18.8. The van der Waals surface area contributed by atoms with Crippen molar-refractivity contribution in [2.24, 2.45) is 10.9 Å². The highest BCUT2D eigenvalue weighted by molar-refractivity contribution is 14.0. The van der Waals surface area contributed by atoms with Crippen molar-refractivity contribution in [1.82, 2.24) is 15.5 Å². The fraction of sp³-hybridized carbons (Fsp3) is 0.611. The average Bonchev–Trinajstić information content (AvgIpc) is 2.58. The minimum absolute atomic E-state index is 0. The Bertz CT molecular complexity index is 566. The SMILES string of the molecule is CN=C(NCc1cc(F)ccc1F)NCC1CCCN(C(C)C)C1.I. The molecule has 1 saturated heterocycles. The third-order valence-corrected chi connectivity index (χ3v) is 4.52. The monoisotopic (exact) mass is 466 g/mol. The number of nitrogens with zero attached hydrogens (tertiary/aromatic N) is 2. The van der Waals surface area contributed by atoms with E-state index in [1.54, 1.807) is 7.05 Å². The summed E-state index contributed by atoms with van der Waals surface area (Å²) < 4.78 is 26.8. The van der Waals surface area contributed by atoms with Gasteiger partial charge < -0.3 is 15.5 Å². The molecule has 0 bridgehead atoms. The second-order valence-corrected chi connectivity index (χ2v) is 6.64. The Morgan fingerprint density at radius 2 is 2.08 bits per heavy atom. The molecule has 25 heavy (non-hydrogen) atoms. The van der Waals surface area contributed by atoms with Crippen LogP contribution in [0.1, 0.15) is 32.3 Å². The first-order valence-corrected chi connectivity index (χ1v) is 8.62. The summed E-state index contributed by atoms with van der Waals surface area (Å²) in [7, 11) is 1.68. The van der Waals surface area contributed by atoms with Crippen LogP contribution >= 0.6 is 24.0 Å². The Morgan fingerprint density at radius 1 is 1.32 bits per heavy atom. The molecule has 0 amide bonds. The van der Waals surface area contributed by atoms with E-state index in [1.807, 2.05) is 0 Å². The molecular weight excluding hydrogens is 437 g/mol. The standard InChI is InChI=1S/C18H28F2N4.HI/c1-13(2)24-8-4-5-14(12-24)10-22-18(21-3)23-11-15-9-16(19)6-7-17(15)20;/h6-7,9,13-14H,4-5,8,10-12H2,1-3H3,(H2,21,22,23);1H. The topological polar surface area (TPSA) is 39.7 Å². The Labute approximate surface area is 166 Å². The van der Waals surface area contributed by atoms with Gasteiger partial charge in [0.05, 0.1) is 0 Å². The minimum atomic E-state index is -0.438. The molecule has 0 saturated carbocycles. The summed E-state index contributed by atoms with van der Waals surface area (Å²) in [5, 5.41) is 6.34. The van der Waals surface area contributed by atoms with Crippen molar-refractivity contribution in [3.63, 3.8) is 0 Å². The molecule has 142 valence electrons. The summed E-state index contributed by atoms with van der Waals surface area (Å²) in [5.74, 6) is 0.331. The smallest absolute Gasteiger partial charge is 0.191 e. The van der Waals surface area contributed by atoms with Gasteiger partial charge in [-0.1, -0.05) is 0 Å². The predicted molar refractivity (Wildman–Crippen MR) is 109 cm³/mol. The Hall–Kier alpha value is -0.960. The highest BCUT2D eigenvalue weighted by Crippen LogP contribution is 2.17. The summed E-state index contributed by atoms with van der Waals surface area (Å²) in [6.45, 7) is 7.73. The van der Waals surface area contributed by atoms with Crippen LogP contribution in [0.4, 0.5) is 8.78 Å². The number of hydrogen-bond donors (Lipinski definition) is 2. The van der Waals surface area contributed by atoms with Gasteiger partial charge in [0.15, 0.2) is 5.96 Å². The molecule has 0 aromatic heterocycles. The van der Waals surface area contributed by atoms with Crippen molar-refractivity contribution in [2.75, 3.05) is 26.7 Å². The van der Waals surface area contributed by atoms with Crippen LogP contribution in [-0.4, -0.2) is 43.6 Å². The quantitative estimate of drug-likeness (QED) is 0.397. The second kappa shape index (κ2) is 10.9. The van der Waals surface area contributed by atoms with Crippen molar-refractivity contribution in [1.29, 1.82) is 0 Å². The number of nitrogens with one attached hydrogen (secondary N) is 2. The van der Waals surface area contributed by atoms with E-state index in [0.29, 0.717) is 23.5 Å². The zero-order valence-corrected chi connectivity index (χ0v) is 17.5. The molecule has 0 radical (unpaired) electrons. The van der Waals surface area contributed by atoms with Gasteiger partial charge in [-0.3, -0.25) is 4.99 Å². The van der Waals surface area contributed by atoms with Gasteiger partial charge in [-0.15, -0.1) is 24.0 Å². The summed E-state index contributed by atoms with van der Waals surface area (Å²) in [5.41, 5.74) is 0.293. The number of piperidine rings is 1. The van der Waals surface area contributed by atoms with E-state index in [0.717, 1.165) is 25.2 Å². The molecule has 0 aliphatic carbocycles. The maximum Gasteiger partial charge on any atom is 0.191 e. The van der Waals surface area contributed by atoms with Crippen molar-refractivity contribution < 1.29 is 8.78 Å². The van der Waals surface area contributed by atoms with Crippen LogP contribution in [0, 0.1) is 17.6 Å². The molecule has 7 heteroatoms. The first kappa shape index (κ1) is 22.1. The molecule has 1 unspecified atom stereocenters. The fourth-order valence-corrected chi connectivity index (χ4v) is 3.05. The lowest BCUT2D eigenvalue weighted by atomic mass is 9.97. The van der Waals surface area contributed by atoms with Crippen LogP contribution in [0.5, 0.6) is 0 Å². The fourth-order valence-electron chi connectivity index (χ4n) is 3.05. The van der Waals surface area contributed by atoms with Crippen molar-refractivity contribution in [3.05, 3.63) is 35.4 Å². The van der Waals surface area contributed by atoms with Gasteiger partial charge in [-0.2, -0.15) is 0 Å². The predicted octanol–water partition coefficient (Wildman–Crippen LogP) is 3.37. The molecule has 4 nitrogen and oxygen atoms in total. The zero-order valence-electron chi connectivity index (χ0n) is 15.2. The number of likely N-dealkylation sites (tertiary alicyclic amines) is 1. The molecule has 1 aromatic carbocycles. The van der Waals surface area contributed by atoms with E-state index in [9.17, 15) is 8.78 Å².